The predicted molar refractivity (Wildman–Crippen MR) is 120 cm³/mol. The normalized spacial score (nSPS) is 14.0. The van der Waals surface area contributed by atoms with Crippen molar-refractivity contribution in [2.75, 3.05) is 32.2 Å². The summed E-state index contributed by atoms with van der Waals surface area (Å²) >= 11 is 1.44. The van der Waals surface area contributed by atoms with Gasteiger partial charge in [-0.1, -0.05) is 25.5 Å². The molecule has 1 aliphatic rings. The fourth-order valence-corrected chi connectivity index (χ4v) is 4.04. The number of carbonyl (C=O) groups is 2. The topological polar surface area (TPSA) is 67.9 Å². The van der Waals surface area contributed by atoms with Crippen molar-refractivity contribution >= 4 is 34.4 Å². The number of ether oxygens (including phenoxy) is 2. The van der Waals surface area contributed by atoms with E-state index in [1.54, 1.807) is 7.11 Å². The lowest BCUT2D eigenvalue weighted by atomic mass is 10.1. The Bertz CT molecular complexity index is 921. The van der Waals surface area contributed by atoms with Gasteiger partial charge in [0, 0.05) is 24.6 Å². The summed E-state index contributed by atoms with van der Waals surface area (Å²) in [6.07, 6.45) is 2.70. The largest absolute Gasteiger partial charge is 0.495 e. The average molecular weight is 429 g/mol. The third kappa shape index (κ3) is 4.91. The molecule has 6 nitrogen and oxygen atoms in total. The molecule has 30 heavy (non-hydrogen) atoms. The summed E-state index contributed by atoms with van der Waals surface area (Å²) in [6.45, 7) is 5.64. The highest BCUT2D eigenvalue weighted by Crippen LogP contribution is 2.35. The number of carbonyl (C=O) groups excluding carboxylic acids is 2. The van der Waals surface area contributed by atoms with Crippen LogP contribution in [0.15, 0.2) is 41.4 Å². The van der Waals surface area contributed by atoms with Gasteiger partial charge in [-0.05, 0) is 48.9 Å². The van der Waals surface area contributed by atoms with Crippen LogP contribution in [0.3, 0.4) is 0 Å². The number of rotatable bonds is 11. The van der Waals surface area contributed by atoms with E-state index in [4.69, 9.17) is 9.47 Å². The maximum Gasteiger partial charge on any atom is 0.278 e. The van der Waals surface area contributed by atoms with Crippen LogP contribution in [0.4, 0.5) is 5.69 Å². The number of nitrogens with one attached hydrogen (secondary N) is 1. The molecule has 0 bridgehead atoms. The minimum atomic E-state index is -0.319. The minimum absolute atomic E-state index is 0.273. The second kappa shape index (κ2) is 10.4. The van der Waals surface area contributed by atoms with Gasteiger partial charge in [-0.2, -0.15) is 0 Å². The van der Waals surface area contributed by atoms with Crippen molar-refractivity contribution in [1.29, 1.82) is 0 Å². The molecule has 0 unspecified atom stereocenters. The van der Waals surface area contributed by atoms with Crippen molar-refractivity contribution in [2.24, 2.45) is 0 Å². The summed E-state index contributed by atoms with van der Waals surface area (Å²) < 4.78 is 11.0. The van der Waals surface area contributed by atoms with Crippen LogP contribution in [-0.4, -0.2) is 43.6 Å². The molecule has 2 aromatic rings. The second-order valence-corrected chi connectivity index (χ2v) is 8.09. The number of benzene rings is 1. The highest BCUT2D eigenvalue weighted by Gasteiger charge is 2.39. The first-order valence-electron chi connectivity index (χ1n) is 10.2. The molecule has 1 aromatic carbocycles. The van der Waals surface area contributed by atoms with Crippen molar-refractivity contribution in [3.8, 4) is 5.75 Å². The fraction of sp³-hybridized carbons (Fsp3) is 0.391. The van der Waals surface area contributed by atoms with Gasteiger partial charge in [0.2, 0.25) is 0 Å². The molecule has 1 N–H and O–H groups in total. The highest BCUT2D eigenvalue weighted by molar-refractivity contribution is 7.11. The Labute approximate surface area is 181 Å². The molecule has 1 aliphatic heterocycles. The second-order valence-electron chi connectivity index (χ2n) is 7.14. The number of imide groups is 1. The number of thiophene rings is 1. The van der Waals surface area contributed by atoms with E-state index >= 15 is 0 Å². The zero-order valence-corrected chi connectivity index (χ0v) is 18.5. The molecule has 160 valence electrons. The maximum absolute atomic E-state index is 13.2. The van der Waals surface area contributed by atoms with Gasteiger partial charge in [-0.25, -0.2) is 0 Å². The zero-order chi connectivity index (χ0) is 21.5. The van der Waals surface area contributed by atoms with Gasteiger partial charge in [-0.3, -0.25) is 14.5 Å². The zero-order valence-electron chi connectivity index (χ0n) is 17.7. The molecule has 0 fully saturated rings. The Morgan fingerprint density at radius 2 is 1.90 bits per heavy atom. The summed E-state index contributed by atoms with van der Waals surface area (Å²) in [5.74, 6) is 0.0206. The summed E-state index contributed by atoms with van der Waals surface area (Å²) in [6, 6.07) is 9.41. The van der Waals surface area contributed by atoms with Gasteiger partial charge in [-0.15, -0.1) is 11.3 Å². The molecular formula is C23H28N2O4S. The van der Waals surface area contributed by atoms with Crippen LogP contribution >= 0.6 is 11.3 Å². The van der Waals surface area contributed by atoms with Crippen molar-refractivity contribution in [1.82, 2.24) is 4.90 Å². The van der Waals surface area contributed by atoms with E-state index in [0.29, 0.717) is 48.9 Å². The van der Waals surface area contributed by atoms with Gasteiger partial charge < -0.3 is 14.8 Å². The van der Waals surface area contributed by atoms with Gasteiger partial charge in [0.05, 0.1) is 18.4 Å². The Hall–Kier alpha value is -2.64. The van der Waals surface area contributed by atoms with E-state index in [-0.39, 0.29) is 11.8 Å². The van der Waals surface area contributed by atoms with Crippen LogP contribution in [0.5, 0.6) is 5.75 Å². The fourth-order valence-electron chi connectivity index (χ4n) is 3.27. The first kappa shape index (κ1) is 22.1. The number of aryl methyl sites for hydroxylation is 1. The standard InChI is InChI=1S/C23H28N2O4S/c1-4-5-12-29-13-7-11-25-22(26)20(19-8-6-14-30-19)21(23(25)27)24-17-15-16(2)9-10-18(17)28-3/h6,8-10,14-15,24H,4-5,7,11-13H2,1-3H3. The lowest BCUT2D eigenvalue weighted by molar-refractivity contribution is -0.137. The third-order valence-electron chi connectivity index (χ3n) is 4.86. The molecule has 1 aromatic heterocycles. The van der Waals surface area contributed by atoms with E-state index in [0.717, 1.165) is 23.3 Å². The van der Waals surface area contributed by atoms with Crippen LogP contribution in [0.2, 0.25) is 0 Å². The lowest BCUT2D eigenvalue weighted by Gasteiger charge is -2.16. The quantitative estimate of drug-likeness (QED) is 0.423. The average Bonchev–Trinajstić information content (AvgIpc) is 3.33. The smallest absolute Gasteiger partial charge is 0.278 e. The Balaban J connectivity index is 1.82. The molecule has 0 aliphatic carbocycles. The van der Waals surface area contributed by atoms with Gasteiger partial charge >= 0.3 is 0 Å². The molecule has 0 radical (unpaired) electrons. The third-order valence-corrected chi connectivity index (χ3v) is 5.75. The van der Waals surface area contributed by atoms with E-state index in [1.165, 1.54) is 16.2 Å². The molecule has 0 atom stereocenters. The Morgan fingerprint density at radius 1 is 1.10 bits per heavy atom. The van der Waals surface area contributed by atoms with Crippen LogP contribution in [0, 0.1) is 6.92 Å². The molecule has 3 rings (SSSR count). The molecule has 2 amide bonds. The number of hydrogen-bond donors (Lipinski definition) is 1. The number of amides is 2. The van der Waals surface area contributed by atoms with Crippen molar-refractivity contribution in [2.45, 2.75) is 33.1 Å². The Kier molecular flexibility index (Phi) is 7.65. The van der Waals surface area contributed by atoms with Crippen LogP contribution < -0.4 is 10.1 Å². The van der Waals surface area contributed by atoms with Crippen LogP contribution in [0.1, 0.15) is 36.6 Å². The van der Waals surface area contributed by atoms with Crippen molar-refractivity contribution < 1.29 is 19.1 Å². The monoisotopic (exact) mass is 428 g/mol. The van der Waals surface area contributed by atoms with Crippen molar-refractivity contribution in [3.05, 3.63) is 51.8 Å². The molecule has 0 spiro atoms. The summed E-state index contributed by atoms with van der Waals surface area (Å²) in [4.78, 5) is 28.4. The predicted octanol–water partition coefficient (Wildman–Crippen LogP) is 4.46. The highest BCUT2D eigenvalue weighted by atomic mass is 32.1. The number of anilines is 1. The van der Waals surface area contributed by atoms with E-state index in [2.05, 4.69) is 12.2 Å². The SMILES string of the molecule is CCCCOCCCN1C(=O)C(Nc2cc(C)ccc2OC)=C(c2cccs2)C1=O. The number of nitrogens with zero attached hydrogens (tertiary/aromatic N) is 1. The first-order chi connectivity index (χ1) is 14.6. The van der Waals surface area contributed by atoms with E-state index in [1.807, 2.05) is 42.6 Å². The van der Waals surface area contributed by atoms with Crippen LogP contribution in [0.25, 0.3) is 5.57 Å². The molecule has 0 saturated carbocycles. The van der Waals surface area contributed by atoms with Crippen LogP contribution in [-0.2, 0) is 14.3 Å². The summed E-state index contributed by atoms with van der Waals surface area (Å²) in [5, 5.41) is 5.08. The number of methoxy groups -OCH3 is 1. The minimum Gasteiger partial charge on any atom is -0.495 e. The van der Waals surface area contributed by atoms with Gasteiger partial charge in [0.1, 0.15) is 11.4 Å². The molecule has 2 heterocycles. The molecular weight excluding hydrogens is 400 g/mol. The van der Waals surface area contributed by atoms with E-state index in [9.17, 15) is 9.59 Å². The maximum atomic E-state index is 13.2. The van der Waals surface area contributed by atoms with Gasteiger partial charge in [0.25, 0.3) is 11.8 Å². The number of unbranched alkanes of at least 4 members (excludes halogenated alkanes) is 1. The summed E-state index contributed by atoms with van der Waals surface area (Å²) in [5.41, 5.74) is 2.38. The van der Waals surface area contributed by atoms with E-state index < -0.39 is 0 Å². The molecule has 7 heteroatoms. The van der Waals surface area contributed by atoms with Crippen molar-refractivity contribution in [3.63, 3.8) is 0 Å². The lowest BCUT2D eigenvalue weighted by Crippen LogP contribution is -2.34. The molecule has 0 saturated heterocycles. The summed E-state index contributed by atoms with van der Waals surface area (Å²) in [7, 11) is 1.58. The Morgan fingerprint density at radius 3 is 2.60 bits per heavy atom. The number of hydrogen-bond acceptors (Lipinski definition) is 6. The van der Waals surface area contributed by atoms with Gasteiger partial charge in [0.15, 0.2) is 0 Å². The first-order valence-corrected chi connectivity index (χ1v) is 11.1.